The second-order valence-corrected chi connectivity index (χ2v) is 10.3. The number of carbonyl (C=O) groups is 2. The van der Waals surface area contributed by atoms with E-state index in [-0.39, 0.29) is 28.8 Å². The van der Waals surface area contributed by atoms with Crippen molar-refractivity contribution in [2.24, 2.45) is 5.73 Å². The number of nitrogens with two attached hydrogens (primary N) is 1. The van der Waals surface area contributed by atoms with Crippen LogP contribution in [0.25, 0.3) is 16.7 Å². The normalized spacial score (nSPS) is 14.2. The van der Waals surface area contributed by atoms with E-state index < -0.39 is 52.9 Å². The third-order valence-electron chi connectivity index (χ3n) is 7.20. The quantitative estimate of drug-likeness (QED) is 0.220. The molecule has 0 unspecified atom stereocenters. The monoisotopic (exact) mass is 613 g/mol. The van der Waals surface area contributed by atoms with Gasteiger partial charge in [0.2, 0.25) is 0 Å². The number of aromatic nitrogens is 3. The van der Waals surface area contributed by atoms with Crippen LogP contribution in [0.2, 0.25) is 0 Å². The van der Waals surface area contributed by atoms with Crippen molar-refractivity contribution in [2.75, 3.05) is 0 Å². The first kappa shape index (κ1) is 30.5. The molecule has 0 radical (unpaired) electrons. The molecule has 2 aromatic heterocycles. The molecule has 0 saturated heterocycles. The van der Waals surface area contributed by atoms with Gasteiger partial charge in [0.05, 0.1) is 17.3 Å². The van der Waals surface area contributed by atoms with Gasteiger partial charge in [0.15, 0.2) is 5.69 Å². The predicted molar refractivity (Wildman–Crippen MR) is 149 cm³/mol. The van der Waals surface area contributed by atoms with Crippen LogP contribution < -0.4 is 11.1 Å². The van der Waals surface area contributed by atoms with Crippen LogP contribution in [-0.2, 0) is 12.6 Å². The van der Waals surface area contributed by atoms with E-state index in [0.717, 1.165) is 30.8 Å². The van der Waals surface area contributed by atoms with Gasteiger partial charge in [-0.2, -0.15) is 23.0 Å². The lowest BCUT2D eigenvalue weighted by Crippen LogP contribution is -2.35. The van der Waals surface area contributed by atoms with E-state index in [1.165, 1.54) is 24.4 Å². The average molecular weight is 614 g/mol. The zero-order valence-electron chi connectivity index (χ0n) is 23.0. The molecule has 2 amide bonds. The summed E-state index contributed by atoms with van der Waals surface area (Å²) in [5.41, 5.74) is 4.69. The van der Waals surface area contributed by atoms with Crippen molar-refractivity contribution >= 4 is 17.5 Å². The minimum atomic E-state index is -4.84. The summed E-state index contributed by atoms with van der Waals surface area (Å²) in [6.07, 6.45) is 1.50. The molecular weight excluding hydrogens is 588 g/mol. The van der Waals surface area contributed by atoms with Gasteiger partial charge in [-0.15, -0.1) is 0 Å². The Hall–Kier alpha value is -4.94. The number of hydrogen-bond donors (Lipinski definition) is 2. The maximum Gasteiger partial charge on any atom is 0.435 e. The molecule has 0 spiro atoms. The Morgan fingerprint density at radius 3 is 2.41 bits per heavy atom. The number of rotatable bonds is 7. The minimum absolute atomic E-state index is 0.103. The number of amides is 2. The highest BCUT2D eigenvalue weighted by atomic mass is 19.4. The Morgan fingerprint density at radius 2 is 1.75 bits per heavy atom. The standard InChI is InChI=1S/C31H25F6N5O2/c32-20-11-17(12-21(33)15-20)13-26(27-22(7-4-10-39-27)19-8-9-25(34)23(14-19)29(38)43)40-30(44)42-16-24(18-5-2-1-3-6-18)28(41-42)31(35,36)37/h4-5,7-12,14-16,26H,1-3,6,13H2,(H2,38,43)(H,40,44)/t26-/m0/s1. The number of carbonyl (C=O) groups excluding carboxylic acids is 2. The van der Waals surface area contributed by atoms with Gasteiger partial charge in [0.25, 0.3) is 5.91 Å². The van der Waals surface area contributed by atoms with Gasteiger partial charge < -0.3 is 11.1 Å². The SMILES string of the molecule is NC(=O)c1cc(-c2cccnc2[C@H](Cc2cc(F)cc(F)c2)NC(=O)n2cc(C3=CCCCC3)c(C(F)(F)F)n2)ccc1F. The van der Waals surface area contributed by atoms with Gasteiger partial charge in [-0.25, -0.2) is 18.0 Å². The topological polar surface area (TPSA) is 103 Å². The second-order valence-electron chi connectivity index (χ2n) is 10.3. The van der Waals surface area contributed by atoms with E-state index >= 15 is 0 Å². The number of nitrogens with one attached hydrogen (secondary N) is 1. The Bertz CT molecular complexity index is 1740. The number of benzene rings is 2. The number of primary amides is 1. The smallest absolute Gasteiger partial charge is 0.366 e. The lowest BCUT2D eigenvalue weighted by Gasteiger charge is -2.21. The summed E-state index contributed by atoms with van der Waals surface area (Å²) >= 11 is 0. The van der Waals surface area contributed by atoms with E-state index in [4.69, 9.17) is 5.73 Å². The Labute approximate surface area is 247 Å². The molecule has 2 heterocycles. The van der Waals surface area contributed by atoms with Crippen molar-refractivity contribution < 1.29 is 35.9 Å². The van der Waals surface area contributed by atoms with Crippen molar-refractivity contribution in [3.63, 3.8) is 0 Å². The van der Waals surface area contributed by atoms with Gasteiger partial charge in [-0.3, -0.25) is 9.78 Å². The number of pyridine rings is 1. The fourth-order valence-corrected chi connectivity index (χ4v) is 5.22. The van der Waals surface area contributed by atoms with Crippen molar-refractivity contribution in [1.29, 1.82) is 0 Å². The van der Waals surface area contributed by atoms with Crippen LogP contribution in [0, 0.1) is 17.5 Å². The highest BCUT2D eigenvalue weighted by Crippen LogP contribution is 2.37. The molecule has 1 aliphatic rings. The van der Waals surface area contributed by atoms with E-state index in [2.05, 4.69) is 15.4 Å². The molecule has 0 fully saturated rings. The van der Waals surface area contributed by atoms with Crippen LogP contribution in [0.5, 0.6) is 0 Å². The predicted octanol–water partition coefficient (Wildman–Crippen LogP) is 6.98. The molecule has 1 aliphatic carbocycles. The zero-order valence-corrected chi connectivity index (χ0v) is 23.0. The lowest BCUT2D eigenvalue weighted by molar-refractivity contribution is -0.141. The van der Waals surface area contributed by atoms with Crippen molar-refractivity contribution in [1.82, 2.24) is 20.1 Å². The van der Waals surface area contributed by atoms with Crippen molar-refractivity contribution in [3.05, 3.63) is 113 Å². The van der Waals surface area contributed by atoms with Gasteiger partial charge in [-0.05, 0) is 79.1 Å². The molecule has 7 nitrogen and oxygen atoms in total. The summed E-state index contributed by atoms with van der Waals surface area (Å²) in [7, 11) is 0. The van der Waals surface area contributed by atoms with Crippen LogP contribution in [0.1, 0.15) is 64.6 Å². The molecule has 0 bridgehead atoms. The highest BCUT2D eigenvalue weighted by molar-refractivity contribution is 5.94. The Kier molecular flexibility index (Phi) is 8.56. The molecular formula is C31H25F6N5O2. The van der Waals surface area contributed by atoms with Gasteiger partial charge in [0.1, 0.15) is 17.5 Å². The van der Waals surface area contributed by atoms with E-state index in [1.807, 2.05) is 0 Å². The third-order valence-corrected chi connectivity index (χ3v) is 7.20. The number of nitrogens with zero attached hydrogens (tertiary/aromatic N) is 3. The van der Waals surface area contributed by atoms with Crippen LogP contribution in [0.4, 0.5) is 31.1 Å². The first-order valence-corrected chi connectivity index (χ1v) is 13.6. The van der Waals surface area contributed by atoms with E-state index in [9.17, 15) is 35.9 Å². The first-order valence-electron chi connectivity index (χ1n) is 13.6. The van der Waals surface area contributed by atoms with Gasteiger partial charge in [-0.1, -0.05) is 18.2 Å². The maximum atomic E-state index is 14.2. The van der Waals surface area contributed by atoms with Gasteiger partial charge >= 0.3 is 12.2 Å². The first-order chi connectivity index (χ1) is 20.9. The number of halogens is 6. The molecule has 4 aromatic rings. The lowest BCUT2D eigenvalue weighted by atomic mass is 9.94. The molecule has 228 valence electrons. The van der Waals surface area contributed by atoms with Crippen molar-refractivity contribution in [2.45, 2.75) is 44.3 Å². The highest BCUT2D eigenvalue weighted by Gasteiger charge is 2.39. The molecule has 5 rings (SSSR count). The van der Waals surface area contributed by atoms with E-state index in [1.54, 1.807) is 12.1 Å². The number of alkyl halides is 3. The summed E-state index contributed by atoms with van der Waals surface area (Å²) in [4.78, 5) is 29.6. The van der Waals surface area contributed by atoms with Crippen LogP contribution in [0.15, 0.2) is 67.0 Å². The molecule has 0 aliphatic heterocycles. The fourth-order valence-electron chi connectivity index (χ4n) is 5.22. The number of hydrogen-bond acceptors (Lipinski definition) is 4. The summed E-state index contributed by atoms with van der Waals surface area (Å²) < 4.78 is 84.8. The van der Waals surface area contributed by atoms with E-state index in [0.29, 0.717) is 41.1 Å². The second kappa shape index (κ2) is 12.3. The maximum absolute atomic E-state index is 14.2. The summed E-state index contributed by atoms with van der Waals surface area (Å²) in [5, 5.41) is 6.16. The zero-order chi connectivity index (χ0) is 31.6. The van der Waals surface area contributed by atoms with Crippen LogP contribution in [-0.4, -0.2) is 26.7 Å². The fraction of sp³-hybridized carbons (Fsp3) is 0.226. The molecule has 44 heavy (non-hydrogen) atoms. The number of allylic oxidation sites excluding steroid dienone is 2. The average Bonchev–Trinajstić information content (AvgIpc) is 3.44. The summed E-state index contributed by atoms with van der Waals surface area (Å²) in [6.45, 7) is 0. The molecule has 0 saturated carbocycles. The van der Waals surface area contributed by atoms with Crippen LogP contribution in [0.3, 0.4) is 0 Å². The third kappa shape index (κ3) is 6.66. The van der Waals surface area contributed by atoms with Crippen molar-refractivity contribution in [3.8, 4) is 11.1 Å². The molecule has 1 atom stereocenters. The largest absolute Gasteiger partial charge is 0.435 e. The van der Waals surface area contributed by atoms with Gasteiger partial charge in [0, 0.05) is 29.6 Å². The summed E-state index contributed by atoms with van der Waals surface area (Å²) in [5.74, 6) is -3.67. The molecule has 13 heteroatoms. The van der Waals surface area contributed by atoms with Crippen LogP contribution >= 0.6 is 0 Å². The Balaban J connectivity index is 1.58. The Morgan fingerprint density at radius 1 is 1.00 bits per heavy atom. The molecule has 3 N–H and O–H groups in total. The minimum Gasteiger partial charge on any atom is -0.366 e. The molecule has 2 aromatic carbocycles. The summed E-state index contributed by atoms with van der Waals surface area (Å²) in [6, 6.07) is 7.13.